The van der Waals surface area contributed by atoms with Crippen molar-refractivity contribution < 1.29 is 0 Å². The van der Waals surface area contributed by atoms with Crippen molar-refractivity contribution in [1.82, 2.24) is 15.0 Å². The third-order valence-electron chi connectivity index (χ3n) is 2.80. The van der Waals surface area contributed by atoms with Crippen LogP contribution in [0.5, 0.6) is 0 Å². The third kappa shape index (κ3) is 7.65. The molecule has 0 saturated carbocycles. The number of hydrogen-bond donors (Lipinski definition) is 4. The molecule has 0 aliphatic carbocycles. The summed E-state index contributed by atoms with van der Waals surface area (Å²) in [6, 6.07) is 0.283. The number of nitrogens with two attached hydrogens (primary N) is 1. The largest absolute Gasteiger partial charge is 0.354 e. The van der Waals surface area contributed by atoms with Gasteiger partial charge in [0.05, 0.1) is 0 Å². The van der Waals surface area contributed by atoms with Gasteiger partial charge in [-0.2, -0.15) is 15.0 Å². The molecule has 7 heteroatoms. The van der Waals surface area contributed by atoms with Gasteiger partial charge in [0.2, 0.25) is 17.8 Å². The first kappa shape index (κ1) is 17.4. The van der Waals surface area contributed by atoms with E-state index < -0.39 is 0 Å². The number of rotatable bonds is 11. The van der Waals surface area contributed by atoms with Crippen LogP contribution in [-0.4, -0.2) is 40.6 Å². The van der Waals surface area contributed by atoms with Crippen LogP contribution in [0.2, 0.25) is 0 Å². The first-order valence-electron chi connectivity index (χ1n) is 7.86. The zero-order valence-electron chi connectivity index (χ0n) is 13.4. The maximum Gasteiger partial charge on any atom is 0.229 e. The SMILES string of the molecule is CCNc1nc(NCCCCCCN)nc(NC(C)C)n1. The molecule has 0 saturated heterocycles. The molecule has 0 aromatic carbocycles. The lowest BCUT2D eigenvalue weighted by Gasteiger charge is -2.12. The van der Waals surface area contributed by atoms with Crippen LogP contribution in [-0.2, 0) is 0 Å². The molecule has 0 amide bonds. The lowest BCUT2D eigenvalue weighted by Crippen LogP contribution is -2.16. The highest BCUT2D eigenvalue weighted by atomic mass is 15.3. The van der Waals surface area contributed by atoms with Crippen molar-refractivity contribution in [2.45, 2.75) is 52.5 Å². The van der Waals surface area contributed by atoms with Crippen molar-refractivity contribution in [3.63, 3.8) is 0 Å². The first-order valence-corrected chi connectivity index (χ1v) is 7.86. The summed E-state index contributed by atoms with van der Waals surface area (Å²) in [6.45, 7) is 8.55. The molecule has 0 aliphatic heterocycles. The highest BCUT2D eigenvalue weighted by Gasteiger charge is 2.06. The Hall–Kier alpha value is -1.63. The van der Waals surface area contributed by atoms with Gasteiger partial charge in [-0.3, -0.25) is 0 Å². The fourth-order valence-electron chi connectivity index (χ4n) is 1.84. The van der Waals surface area contributed by atoms with E-state index in [2.05, 4.69) is 44.7 Å². The summed E-state index contributed by atoms with van der Waals surface area (Å²) < 4.78 is 0. The Morgan fingerprint density at radius 3 is 2.14 bits per heavy atom. The summed E-state index contributed by atoms with van der Waals surface area (Å²) in [5, 5.41) is 9.59. The van der Waals surface area contributed by atoms with Gasteiger partial charge in [0.25, 0.3) is 0 Å². The summed E-state index contributed by atoms with van der Waals surface area (Å²) in [7, 11) is 0. The van der Waals surface area contributed by atoms with Gasteiger partial charge < -0.3 is 21.7 Å². The first-order chi connectivity index (χ1) is 10.2. The minimum atomic E-state index is 0.283. The Bertz CT molecular complexity index is 395. The summed E-state index contributed by atoms with van der Waals surface area (Å²) >= 11 is 0. The van der Waals surface area contributed by atoms with Gasteiger partial charge in [0.15, 0.2) is 0 Å². The van der Waals surface area contributed by atoms with E-state index in [1.165, 1.54) is 12.8 Å². The molecule has 1 rings (SSSR count). The second-order valence-electron chi connectivity index (χ2n) is 5.27. The van der Waals surface area contributed by atoms with E-state index in [1.54, 1.807) is 0 Å². The predicted octanol–water partition coefficient (Wildman–Crippen LogP) is 2.05. The van der Waals surface area contributed by atoms with Crippen molar-refractivity contribution in [2.75, 3.05) is 35.6 Å². The molecule has 1 heterocycles. The fourth-order valence-corrected chi connectivity index (χ4v) is 1.84. The minimum absolute atomic E-state index is 0.283. The Morgan fingerprint density at radius 2 is 1.52 bits per heavy atom. The van der Waals surface area contributed by atoms with Gasteiger partial charge in [-0.15, -0.1) is 0 Å². The van der Waals surface area contributed by atoms with E-state index in [1.807, 2.05) is 6.92 Å². The third-order valence-corrected chi connectivity index (χ3v) is 2.80. The van der Waals surface area contributed by atoms with Crippen molar-refractivity contribution >= 4 is 17.8 Å². The fraction of sp³-hybridized carbons (Fsp3) is 0.786. The maximum atomic E-state index is 5.48. The zero-order chi connectivity index (χ0) is 15.5. The van der Waals surface area contributed by atoms with Gasteiger partial charge >= 0.3 is 0 Å². The molecule has 5 N–H and O–H groups in total. The maximum absolute atomic E-state index is 5.48. The molecular formula is C14H29N7. The molecule has 120 valence electrons. The Labute approximate surface area is 127 Å². The Balaban J connectivity index is 2.52. The zero-order valence-corrected chi connectivity index (χ0v) is 13.4. The lowest BCUT2D eigenvalue weighted by atomic mass is 10.2. The normalized spacial score (nSPS) is 10.7. The highest BCUT2D eigenvalue weighted by Crippen LogP contribution is 2.10. The van der Waals surface area contributed by atoms with E-state index in [-0.39, 0.29) is 6.04 Å². The number of nitrogens with one attached hydrogen (secondary N) is 3. The molecule has 7 nitrogen and oxygen atoms in total. The number of unbranched alkanes of at least 4 members (excludes halogenated alkanes) is 3. The van der Waals surface area contributed by atoms with Crippen LogP contribution in [0.4, 0.5) is 17.8 Å². The van der Waals surface area contributed by atoms with Gasteiger partial charge in [0, 0.05) is 19.1 Å². The predicted molar refractivity (Wildman–Crippen MR) is 88.8 cm³/mol. The van der Waals surface area contributed by atoms with Gasteiger partial charge in [-0.1, -0.05) is 12.8 Å². The molecule has 1 aromatic rings. The van der Waals surface area contributed by atoms with E-state index in [9.17, 15) is 0 Å². The second kappa shape index (κ2) is 10.1. The van der Waals surface area contributed by atoms with Crippen molar-refractivity contribution in [3.8, 4) is 0 Å². The molecule has 0 atom stereocenters. The monoisotopic (exact) mass is 295 g/mol. The standard InChI is InChI=1S/C14H29N7/c1-4-16-12-19-13(17-10-8-6-5-7-9-15)21-14(20-12)18-11(2)3/h11H,4-10,15H2,1-3H3,(H3,16,17,18,19,20,21). The van der Waals surface area contributed by atoms with Crippen LogP contribution in [0, 0.1) is 0 Å². The average Bonchev–Trinajstić information content (AvgIpc) is 2.42. The van der Waals surface area contributed by atoms with E-state index in [0.29, 0.717) is 17.8 Å². The average molecular weight is 295 g/mol. The summed E-state index contributed by atoms with van der Waals surface area (Å²) in [4.78, 5) is 13.1. The summed E-state index contributed by atoms with van der Waals surface area (Å²) in [5.41, 5.74) is 5.48. The Kier molecular flexibility index (Phi) is 8.42. The van der Waals surface area contributed by atoms with Gasteiger partial charge in [-0.25, -0.2) is 0 Å². The van der Waals surface area contributed by atoms with Crippen molar-refractivity contribution in [2.24, 2.45) is 5.73 Å². The molecule has 0 spiro atoms. The molecular weight excluding hydrogens is 266 g/mol. The number of anilines is 3. The van der Waals surface area contributed by atoms with Crippen molar-refractivity contribution in [1.29, 1.82) is 0 Å². The molecule has 0 unspecified atom stereocenters. The van der Waals surface area contributed by atoms with Crippen LogP contribution in [0.15, 0.2) is 0 Å². The topological polar surface area (TPSA) is 101 Å². The van der Waals surface area contributed by atoms with E-state index in [4.69, 9.17) is 5.73 Å². The molecule has 0 aliphatic rings. The smallest absolute Gasteiger partial charge is 0.229 e. The quantitative estimate of drug-likeness (QED) is 0.463. The molecule has 1 aromatic heterocycles. The minimum Gasteiger partial charge on any atom is -0.354 e. The van der Waals surface area contributed by atoms with Gasteiger partial charge in [-0.05, 0) is 40.2 Å². The van der Waals surface area contributed by atoms with Crippen LogP contribution >= 0.6 is 0 Å². The number of hydrogen-bond acceptors (Lipinski definition) is 7. The molecule has 0 radical (unpaired) electrons. The van der Waals surface area contributed by atoms with Crippen LogP contribution in [0.25, 0.3) is 0 Å². The molecule has 21 heavy (non-hydrogen) atoms. The van der Waals surface area contributed by atoms with Crippen LogP contribution < -0.4 is 21.7 Å². The molecule has 0 fully saturated rings. The number of nitrogens with zero attached hydrogens (tertiary/aromatic N) is 3. The van der Waals surface area contributed by atoms with E-state index in [0.717, 1.165) is 32.5 Å². The van der Waals surface area contributed by atoms with Crippen molar-refractivity contribution in [3.05, 3.63) is 0 Å². The van der Waals surface area contributed by atoms with Crippen LogP contribution in [0.3, 0.4) is 0 Å². The lowest BCUT2D eigenvalue weighted by molar-refractivity contribution is 0.660. The molecule has 0 bridgehead atoms. The Morgan fingerprint density at radius 1 is 0.905 bits per heavy atom. The second-order valence-corrected chi connectivity index (χ2v) is 5.27. The van der Waals surface area contributed by atoms with Crippen LogP contribution in [0.1, 0.15) is 46.5 Å². The van der Waals surface area contributed by atoms with Gasteiger partial charge in [0.1, 0.15) is 0 Å². The highest BCUT2D eigenvalue weighted by molar-refractivity contribution is 5.42. The summed E-state index contributed by atoms with van der Waals surface area (Å²) in [6.07, 6.45) is 4.54. The number of aromatic nitrogens is 3. The summed E-state index contributed by atoms with van der Waals surface area (Å²) in [5.74, 6) is 1.81. The van der Waals surface area contributed by atoms with E-state index >= 15 is 0 Å².